The summed E-state index contributed by atoms with van der Waals surface area (Å²) in [5, 5.41) is 3.68. The van der Waals surface area contributed by atoms with Gasteiger partial charge < -0.3 is 10.1 Å². The Morgan fingerprint density at radius 2 is 2.06 bits per heavy atom. The zero-order valence-electron chi connectivity index (χ0n) is 11.5. The number of aryl methyl sites for hydroxylation is 1. The highest BCUT2D eigenvalue weighted by Gasteiger charge is 2.46. The van der Waals surface area contributed by atoms with Crippen LogP contribution >= 0.6 is 0 Å². The minimum absolute atomic E-state index is 0.344. The van der Waals surface area contributed by atoms with Gasteiger partial charge in [0, 0.05) is 17.6 Å². The van der Waals surface area contributed by atoms with Crippen molar-refractivity contribution in [2.75, 3.05) is 7.11 Å². The fraction of sp³-hybridized carbons (Fsp3) is 0.600. The Morgan fingerprint density at radius 3 is 2.59 bits per heavy atom. The third-order valence-corrected chi connectivity index (χ3v) is 3.82. The van der Waals surface area contributed by atoms with Crippen molar-refractivity contribution >= 4 is 0 Å². The third kappa shape index (κ3) is 2.63. The molecule has 2 atom stereocenters. The van der Waals surface area contributed by atoms with Crippen molar-refractivity contribution in [3.05, 3.63) is 29.3 Å². The van der Waals surface area contributed by atoms with Crippen molar-refractivity contribution in [3.63, 3.8) is 0 Å². The molecule has 1 fully saturated rings. The summed E-state index contributed by atoms with van der Waals surface area (Å²) in [5.41, 5.74) is 3.01. The summed E-state index contributed by atoms with van der Waals surface area (Å²) < 4.78 is 5.44. The van der Waals surface area contributed by atoms with E-state index in [0.29, 0.717) is 17.5 Å². The molecule has 0 aliphatic heterocycles. The fourth-order valence-electron chi connectivity index (χ4n) is 2.34. The van der Waals surface area contributed by atoms with E-state index in [1.807, 2.05) is 0 Å². The maximum atomic E-state index is 5.44. The Labute approximate surface area is 104 Å². The Bertz CT molecular complexity index is 411. The third-order valence-electron chi connectivity index (χ3n) is 3.82. The van der Waals surface area contributed by atoms with Crippen molar-refractivity contribution in [2.45, 2.75) is 46.2 Å². The summed E-state index contributed by atoms with van der Waals surface area (Å²) in [6.07, 6.45) is 1.27. The van der Waals surface area contributed by atoms with Crippen LogP contribution in [0, 0.1) is 12.3 Å². The molecule has 0 spiro atoms. The minimum Gasteiger partial charge on any atom is -0.496 e. The van der Waals surface area contributed by atoms with E-state index in [1.165, 1.54) is 17.5 Å². The predicted molar refractivity (Wildman–Crippen MR) is 71.5 cm³/mol. The van der Waals surface area contributed by atoms with Crippen LogP contribution in [0.15, 0.2) is 18.2 Å². The standard InChI is InChI=1S/C15H23NO/c1-10-6-7-13(17-5)12(8-10)11(2)16-14-9-15(14,3)4/h6-8,11,14,16H,9H2,1-5H3. The molecule has 0 heterocycles. The van der Waals surface area contributed by atoms with Crippen LogP contribution in [0.4, 0.5) is 0 Å². The van der Waals surface area contributed by atoms with Gasteiger partial charge in [0.25, 0.3) is 0 Å². The Kier molecular flexibility index (Phi) is 3.17. The highest BCUT2D eigenvalue weighted by Crippen LogP contribution is 2.46. The van der Waals surface area contributed by atoms with E-state index in [4.69, 9.17) is 4.74 Å². The summed E-state index contributed by atoms with van der Waals surface area (Å²) in [6, 6.07) is 7.35. The molecule has 2 rings (SSSR count). The van der Waals surface area contributed by atoms with Gasteiger partial charge in [-0.25, -0.2) is 0 Å². The first-order chi connectivity index (χ1) is 7.94. The van der Waals surface area contributed by atoms with E-state index in [-0.39, 0.29) is 0 Å². The summed E-state index contributed by atoms with van der Waals surface area (Å²) in [5.74, 6) is 0.981. The van der Waals surface area contributed by atoms with Gasteiger partial charge in [-0.05, 0) is 31.7 Å². The van der Waals surface area contributed by atoms with Gasteiger partial charge in [0.05, 0.1) is 7.11 Å². The summed E-state index contributed by atoms with van der Waals surface area (Å²) in [6.45, 7) is 8.96. The lowest BCUT2D eigenvalue weighted by Gasteiger charge is -2.19. The first kappa shape index (κ1) is 12.4. The highest BCUT2D eigenvalue weighted by atomic mass is 16.5. The molecule has 0 saturated heterocycles. The van der Waals surface area contributed by atoms with Crippen molar-refractivity contribution in [1.82, 2.24) is 5.32 Å². The lowest BCUT2D eigenvalue weighted by molar-refractivity contribution is 0.398. The molecule has 1 aromatic carbocycles. The molecule has 1 aliphatic rings. The molecular formula is C15H23NO. The number of ether oxygens (including phenoxy) is 1. The smallest absolute Gasteiger partial charge is 0.123 e. The quantitative estimate of drug-likeness (QED) is 0.860. The first-order valence-electron chi connectivity index (χ1n) is 6.34. The van der Waals surface area contributed by atoms with Gasteiger partial charge in [0.15, 0.2) is 0 Å². The molecule has 1 saturated carbocycles. The molecule has 94 valence electrons. The lowest BCUT2D eigenvalue weighted by Crippen LogP contribution is -2.24. The molecular weight excluding hydrogens is 210 g/mol. The summed E-state index contributed by atoms with van der Waals surface area (Å²) >= 11 is 0. The first-order valence-corrected chi connectivity index (χ1v) is 6.34. The van der Waals surface area contributed by atoms with E-state index in [2.05, 4.69) is 51.2 Å². The van der Waals surface area contributed by atoms with Crippen LogP contribution in [0.5, 0.6) is 5.75 Å². The maximum absolute atomic E-state index is 5.44. The number of methoxy groups -OCH3 is 1. The molecule has 0 aromatic heterocycles. The van der Waals surface area contributed by atoms with Crippen LogP contribution in [0.2, 0.25) is 0 Å². The predicted octanol–water partition coefficient (Wildman–Crippen LogP) is 3.45. The maximum Gasteiger partial charge on any atom is 0.123 e. The van der Waals surface area contributed by atoms with Crippen molar-refractivity contribution in [3.8, 4) is 5.75 Å². The number of hydrogen-bond donors (Lipinski definition) is 1. The van der Waals surface area contributed by atoms with E-state index >= 15 is 0 Å². The molecule has 2 heteroatoms. The van der Waals surface area contributed by atoms with E-state index in [9.17, 15) is 0 Å². The van der Waals surface area contributed by atoms with Gasteiger partial charge in [-0.2, -0.15) is 0 Å². The minimum atomic E-state index is 0.344. The Morgan fingerprint density at radius 1 is 1.41 bits per heavy atom. The largest absolute Gasteiger partial charge is 0.496 e. The summed E-state index contributed by atoms with van der Waals surface area (Å²) in [4.78, 5) is 0. The average Bonchev–Trinajstić information content (AvgIpc) is 2.85. The van der Waals surface area contributed by atoms with Crippen LogP contribution in [0.25, 0.3) is 0 Å². The van der Waals surface area contributed by atoms with Gasteiger partial charge in [0.1, 0.15) is 5.75 Å². The lowest BCUT2D eigenvalue weighted by atomic mass is 10.0. The Hall–Kier alpha value is -1.02. The molecule has 1 N–H and O–H groups in total. The second-order valence-electron chi connectivity index (χ2n) is 5.88. The van der Waals surface area contributed by atoms with Crippen molar-refractivity contribution in [2.24, 2.45) is 5.41 Å². The topological polar surface area (TPSA) is 21.3 Å². The highest BCUT2D eigenvalue weighted by molar-refractivity contribution is 5.39. The zero-order chi connectivity index (χ0) is 12.6. The van der Waals surface area contributed by atoms with Crippen LogP contribution in [0.3, 0.4) is 0 Å². The molecule has 17 heavy (non-hydrogen) atoms. The van der Waals surface area contributed by atoms with Gasteiger partial charge in [-0.3, -0.25) is 0 Å². The molecule has 0 radical (unpaired) electrons. The molecule has 1 aliphatic carbocycles. The monoisotopic (exact) mass is 233 g/mol. The van der Waals surface area contributed by atoms with E-state index in [0.717, 1.165) is 5.75 Å². The summed E-state index contributed by atoms with van der Waals surface area (Å²) in [7, 11) is 1.74. The van der Waals surface area contributed by atoms with Gasteiger partial charge in [-0.1, -0.05) is 31.5 Å². The number of rotatable bonds is 4. The zero-order valence-corrected chi connectivity index (χ0v) is 11.5. The van der Waals surface area contributed by atoms with Gasteiger partial charge in [0.2, 0.25) is 0 Å². The molecule has 0 bridgehead atoms. The van der Waals surface area contributed by atoms with Crippen LogP contribution in [-0.2, 0) is 0 Å². The normalized spacial score (nSPS) is 23.2. The van der Waals surface area contributed by atoms with Crippen LogP contribution in [-0.4, -0.2) is 13.2 Å². The second-order valence-corrected chi connectivity index (χ2v) is 5.88. The fourth-order valence-corrected chi connectivity index (χ4v) is 2.34. The molecule has 2 unspecified atom stereocenters. The van der Waals surface area contributed by atoms with Crippen molar-refractivity contribution in [1.29, 1.82) is 0 Å². The van der Waals surface area contributed by atoms with Gasteiger partial charge >= 0.3 is 0 Å². The van der Waals surface area contributed by atoms with Gasteiger partial charge in [-0.15, -0.1) is 0 Å². The SMILES string of the molecule is COc1ccc(C)cc1C(C)NC1CC1(C)C. The Balaban J connectivity index is 2.13. The van der Waals surface area contributed by atoms with Crippen LogP contribution in [0.1, 0.15) is 44.4 Å². The average molecular weight is 233 g/mol. The number of nitrogens with one attached hydrogen (secondary N) is 1. The van der Waals surface area contributed by atoms with Crippen molar-refractivity contribution < 1.29 is 4.74 Å². The molecule has 1 aromatic rings. The van der Waals surface area contributed by atoms with Crippen LogP contribution < -0.4 is 10.1 Å². The number of hydrogen-bond acceptors (Lipinski definition) is 2. The van der Waals surface area contributed by atoms with E-state index in [1.54, 1.807) is 7.11 Å². The molecule has 2 nitrogen and oxygen atoms in total. The molecule has 0 amide bonds. The van der Waals surface area contributed by atoms with E-state index < -0.39 is 0 Å². The second kappa shape index (κ2) is 4.34. The number of benzene rings is 1.